The van der Waals surface area contributed by atoms with Gasteiger partial charge in [0, 0.05) is 11.6 Å². The Morgan fingerprint density at radius 2 is 1.84 bits per heavy atom. The van der Waals surface area contributed by atoms with Crippen molar-refractivity contribution >= 4 is 18.3 Å². The van der Waals surface area contributed by atoms with Crippen LogP contribution < -0.4 is 5.46 Å². The van der Waals surface area contributed by atoms with Gasteiger partial charge in [-0.3, -0.25) is 10.1 Å². The third-order valence-electron chi connectivity index (χ3n) is 2.96. The molecule has 0 aliphatic carbocycles. The van der Waals surface area contributed by atoms with E-state index in [1.165, 1.54) is 6.07 Å². The van der Waals surface area contributed by atoms with E-state index in [2.05, 4.69) is 0 Å². The third kappa shape index (κ3) is 2.64. The highest BCUT2D eigenvalue weighted by Gasteiger charge is 2.18. The van der Waals surface area contributed by atoms with Crippen LogP contribution in [0.1, 0.15) is 5.56 Å². The lowest BCUT2D eigenvalue weighted by Crippen LogP contribution is -2.31. The first-order chi connectivity index (χ1) is 9.00. The Labute approximate surface area is 110 Å². The van der Waals surface area contributed by atoms with E-state index in [1.54, 1.807) is 43.3 Å². The van der Waals surface area contributed by atoms with Crippen LogP contribution in [0, 0.1) is 17.0 Å². The average molecular weight is 257 g/mol. The van der Waals surface area contributed by atoms with Crippen molar-refractivity contribution in [3.05, 3.63) is 58.1 Å². The molecule has 0 spiro atoms. The van der Waals surface area contributed by atoms with Gasteiger partial charge in [0.05, 0.1) is 4.92 Å². The van der Waals surface area contributed by atoms with Gasteiger partial charge in [-0.15, -0.1) is 0 Å². The molecule has 2 rings (SSSR count). The third-order valence-corrected chi connectivity index (χ3v) is 2.96. The number of nitro benzene ring substituents is 1. The maximum absolute atomic E-state index is 10.9. The van der Waals surface area contributed by atoms with Gasteiger partial charge in [0.1, 0.15) is 0 Å². The molecular weight excluding hydrogens is 245 g/mol. The van der Waals surface area contributed by atoms with Crippen molar-refractivity contribution in [1.29, 1.82) is 0 Å². The number of nitrogens with zero attached hydrogens (tertiary/aromatic N) is 1. The van der Waals surface area contributed by atoms with Gasteiger partial charge in [-0.25, -0.2) is 0 Å². The number of hydrogen-bond donors (Lipinski definition) is 2. The predicted molar refractivity (Wildman–Crippen MR) is 73.1 cm³/mol. The molecule has 0 saturated heterocycles. The molecule has 2 N–H and O–H groups in total. The first-order valence-electron chi connectivity index (χ1n) is 5.71. The Bertz CT molecular complexity index is 628. The van der Waals surface area contributed by atoms with E-state index in [-0.39, 0.29) is 5.69 Å². The average Bonchev–Trinajstić information content (AvgIpc) is 2.39. The van der Waals surface area contributed by atoms with Crippen LogP contribution in [0.25, 0.3) is 11.1 Å². The molecule has 0 amide bonds. The molecule has 0 unspecified atom stereocenters. The van der Waals surface area contributed by atoms with Crippen LogP contribution in [0.5, 0.6) is 0 Å². The molecule has 0 heterocycles. The highest BCUT2D eigenvalue weighted by atomic mass is 16.6. The van der Waals surface area contributed by atoms with E-state index < -0.39 is 12.0 Å². The second-order valence-electron chi connectivity index (χ2n) is 4.22. The molecule has 2 aromatic carbocycles. The lowest BCUT2D eigenvalue weighted by atomic mass is 9.75. The normalized spacial score (nSPS) is 10.3. The van der Waals surface area contributed by atoms with E-state index in [0.29, 0.717) is 22.2 Å². The molecule has 0 aliphatic rings. The van der Waals surface area contributed by atoms with Crippen LogP contribution in [-0.2, 0) is 0 Å². The highest BCUT2D eigenvalue weighted by Crippen LogP contribution is 2.25. The lowest BCUT2D eigenvalue weighted by molar-refractivity contribution is -0.385. The molecule has 19 heavy (non-hydrogen) atoms. The summed E-state index contributed by atoms with van der Waals surface area (Å²) in [6.07, 6.45) is 0. The van der Waals surface area contributed by atoms with Gasteiger partial charge in [-0.05, 0) is 23.5 Å². The summed E-state index contributed by atoms with van der Waals surface area (Å²) >= 11 is 0. The number of benzene rings is 2. The number of nitro groups is 1. The molecule has 96 valence electrons. The second-order valence-corrected chi connectivity index (χ2v) is 4.22. The molecular formula is C13H12BNO4. The molecule has 0 bridgehead atoms. The van der Waals surface area contributed by atoms with Gasteiger partial charge in [0.2, 0.25) is 0 Å². The Balaban J connectivity index is 2.60. The van der Waals surface area contributed by atoms with Crippen molar-refractivity contribution in [2.75, 3.05) is 0 Å². The van der Waals surface area contributed by atoms with Crippen molar-refractivity contribution < 1.29 is 15.0 Å². The van der Waals surface area contributed by atoms with Gasteiger partial charge in [-0.2, -0.15) is 0 Å². The highest BCUT2D eigenvalue weighted by molar-refractivity contribution is 6.60. The molecule has 0 aliphatic heterocycles. The zero-order chi connectivity index (χ0) is 14.0. The Morgan fingerprint density at radius 3 is 2.47 bits per heavy atom. The molecule has 5 nitrogen and oxygen atoms in total. The van der Waals surface area contributed by atoms with Gasteiger partial charge in [0.15, 0.2) is 0 Å². The topological polar surface area (TPSA) is 83.6 Å². The van der Waals surface area contributed by atoms with Gasteiger partial charge in [-0.1, -0.05) is 36.4 Å². The largest absolute Gasteiger partial charge is 0.489 e. The van der Waals surface area contributed by atoms with Gasteiger partial charge in [0.25, 0.3) is 5.69 Å². The van der Waals surface area contributed by atoms with Crippen LogP contribution in [0.2, 0.25) is 0 Å². The SMILES string of the molecule is Cc1ccc(-c2ccccc2B(O)O)cc1[N+](=O)[O-]. The van der Waals surface area contributed by atoms with Gasteiger partial charge < -0.3 is 10.0 Å². The summed E-state index contributed by atoms with van der Waals surface area (Å²) in [5, 5.41) is 29.6. The molecule has 0 atom stereocenters. The first kappa shape index (κ1) is 13.3. The van der Waals surface area contributed by atoms with E-state index in [9.17, 15) is 20.2 Å². The standard InChI is InChI=1S/C13H12BNO4/c1-9-6-7-10(8-13(9)15(18)19)11-4-2-3-5-12(11)14(16)17/h2-8,16-17H,1H3. The predicted octanol–water partition coefficient (Wildman–Crippen LogP) is 1.25. The van der Waals surface area contributed by atoms with E-state index in [0.717, 1.165) is 0 Å². The monoisotopic (exact) mass is 257 g/mol. The summed E-state index contributed by atoms with van der Waals surface area (Å²) in [6.45, 7) is 1.66. The zero-order valence-electron chi connectivity index (χ0n) is 10.3. The van der Waals surface area contributed by atoms with Crippen molar-refractivity contribution in [3.63, 3.8) is 0 Å². The minimum Gasteiger partial charge on any atom is -0.423 e. The quantitative estimate of drug-likeness (QED) is 0.492. The van der Waals surface area contributed by atoms with Crippen molar-refractivity contribution in [3.8, 4) is 11.1 Å². The molecule has 0 aromatic heterocycles. The van der Waals surface area contributed by atoms with Crippen LogP contribution in [-0.4, -0.2) is 22.1 Å². The summed E-state index contributed by atoms with van der Waals surface area (Å²) in [7, 11) is -1.61. The molecule has 0 fully saturated rings. The smallest absolute Gasteiger partial charge is 0.423 e. The second kappa shape index (κ2) is 5.21. The molecule has 2 aromatic rings. The number of aryl methyl sites for hydroxylation is 1. The minimum atomic E-state index is -1.61. The fraction of sp³-hybridized carbons (Fsp3) is 0.0769. The van der Waals surface area contributed by atoms with E-state index in [4.69, 9.17) is 0 Å². The summed E-state index contributed by atoms with van der Waals surface area (Å²) in [5.74, 6) is 0. The fourth-order valence-electron chi connectivity index (χ4n) is 1.96. The lowest BCUT2D eigenvalue weighted by Gasteiger charge is -2.09. The summed E-state index contributed by atoms with van der Waals surface area (Å²) in [6, 6.07) is 11.5. The maximum atomic E-state index is 10.9. The van der Waals surface area contributed by atoms with Crippen molar-refractivity contribution in [1.82, 2.24) is 0 Å². The van der Waals surface area contributed by atoms with E-state index >= 15 is 0 Å². The van der Waals surface area contributed by atoms with Gasteiger partial charge >= 0.3 is 7.12 Å². The summed E-state index contributed by atoms with van der Waals surface area (Å²) in [4.78, 5) is 10.5. The van der Waals surface area contributed by atoms with Crippen LogP contribution in [0.3, 0.4) is 0 Å². The molecule has 0 saturated carbocycles. The zero-order valence-corrected chi connectivity index (χ0v) is 10.3. The van der Waals surface area contributed by atoms with Crippen molar-refractivity contribution in [2.45, 2.75) is 6.92 Å². The van der Waals surface area contributed by atoms with E-state index in [1.807, 2.05) is 0 Å². The maximum Gasteiger partial charge on any atom is 0.489 e. The van der Waals surface area contributed by atoms with Crippen molar-refractivity contribution in [2.24, 2.45) is 0 Å². The Kier molecular flexibility index (Phi) is 3.64. The fourth-order valence-corrected chi connectivity index (χ4v) is 1.96. The molecule has 6 heteroatoms. The Hall–Kier alpha value is -2.18. The summed E-state index contributed by atoms with van der Waals surface area (Å²) in [5.41, 5.74) is 2.05. The number of hydrogen-bond acceptors (Lipinski definition) is 4. The summed E-state index contributed by atoms with van der Waals surface area (Å²) < 4.78 is 0. The minimum absolute atomic E-state index is 0.0136. The first-order valence-corrected chi connectivity index (χ1v) is 5.71. The van der Waals surface area contributed by atoms with Crippen LogP contribution in [0.15, 0.2) is 42.5 Å². The Morgan fingerprint density at radius 1 is 1.16 bits per heavy atom. The number of rotatable bonds is 3. The van der Waals surface area contributed by atoms with Crippen LogP contribution >= 0.6 is 0 Å². The van der Waals surface area contributed by atoms with Crippen LogP contribution in [0.4, 0.5) is 5.69 Å². The molecule has 0 radical (unpaired) electrons.